The summed E-state index contributed by atoms with van der Waals surface area (Å²) in [5, 5.41) is 0. The smallest absolute Gasteiger partial charge is 0.258 e. The van der Waals surface area contributed by atoms with Crippen molar-refractivity contribution in [1.82, 2.24) is 0 Å². The van der Waals surface area contributed by atoms with Gasteiger partial charge in [0.1, 0.15) is 11.5 Å². The molecule has 0 aromatic heterocycles. The Morgan fingerprint density at radius 3 is 1.11 bits per heavy atom. The number of para-hydroxylation sites is 7. The zero-order chi connectivity index (χ0) is 68.2. The van der Waals surface area contributed by atoms with Crippen molar-refractivity contribution < 1.29 is 4.74 Å². The van der Waals surface area contributed by atoms with Crippen LogP contribution in [0.25, 0.3) is 44.5 Å². The highest BCUT2D eigenvalue weighted by molar-refractivity contribution is 8.00. The molecule has 482 valence electrons. The number of hydrogen-bond donors (Lipinski definition) is 0. The molecular formula is C94H65B3N4OS. The van der Waals surface area contributed by atoms with Crippen LogP contribution in [0, 0.1) is 0 Å². The Kier molecular flexibility index (Phi) is 13.4. The van der Waals surface area contributed by atoms with Crippen molar-refractivity contribution in [2.45, 2.75) is 36.0 Å². The normalized spacial score (nSPS) is 13.7. The van der Waals surface area contributed by atoms with E-state index in [4.69, 9.17) is 4.74 Å². The van der Waals surface area contributed by atoms with Crippen LogP contribution in [0.2, 0.25) is 0 Å². The van der Waals surface area contributed by atoms with E-state index in [0.29, 0.717) is 0 Å². The molecular weight excluding hydrogens is 1270 g/mol. The quantitative estimate of drug-likeness (QED) is 0.140. The summed E-state index contributed by atoms with van der Waals surface area (Å²) in [5.41, 5.74) is 34.3. The van der Waals surface area contributed by atoms with Gasteiger partial charge in [0.15, 0.2) is 0 Å². The van der Waals surface area contributed by atoms with Crippen molar-refractivity contribution >= 4 is 149 Å². The third-order valence-electron chi connectivity index (χ3n) is 22.3. The summed E-state index contributed by atoms with van der Waals surface area (Å²) < 4.78 is 8.22. The van der Waals surface area contributed by atoms with E-state index in [0.717, 1.165) is 129 Å². The Balaban J connectivity index is 1.00. The fourth-order valence-corrected chi connectivity index (χ4v) is 19.2. The largest absolute Gasteiger partial charge is 0.459 e. The first-order chi connectivity index (χ1) is 50.8. The maximum Gasteiger partial charge on any atom is 0.258 e. The average molecular weight is 1330 g/mol. The van der Waals surface area contributed by atoms with Gasteiger partial charge in [0.2, 0.25) is 6.71 Å². The van der Waals surface area contributed by atoms with Gasteiger partial charge in [0.05, 0.1) is 11.4 Å². The minimum atomic E-state index is -0.431. The molecule has 0 radical (unpaired) electrons. The van der Waals surface area contributed by atoms with Crippen LogP contribution in [0.15, 0.2) is 350 Å². The topological polar surface area (TPSA) is 22.2 Å². The van der Waals surface area contributed by atoms with Gasteiger partial charge in [-0.1, -0.05) is 305 Å². The highest BCUT2D eigenvalue weighted by Crippen LogP contribution is 2.57. The summed E-state index contributed by atoms with van der Waals surface area (Å²) in [6, 6.07) is 127. The molecule has 0 aliphatic carbocycles. The van der Waals surface area contributed by atoms with Crippen LogP contribution in [0.1, 0.15) is 26.3 Å². The minimum absolute atomic E-state index is 0.103. The lowest BCUT2D eigenvalue weighted by Crippen LogP contribution is -2.68. The van der Waals surface area contributed by atoms with E-state index < -0.39 is 6.71 Å². The van der Waals surface area contributed by atoms with E-state index in [2.05, 4.69) is 380 Å². The van der Waals surface area contributed by atoms with E-state index in [9.17, 15) is 0 Å². The van der Waals surface area contributed by atoms with Crippen LogP contribution in [0.4, 0.5) is 68.2 Å². The number of nitrogens with zero attached hydrogens (tertiary/aromatic N) is 4. The fourth-order valence-electron chi connectivity index (χ4n) is 17.9. The standard InChI is InChI=1S/C94H65B3N4OS/c1-94(2,3)64-56-77-85-78(57-64)101(91-69(62-36-14-6-15-37-62)46-31-47-70(91)63-38-16-7-17-39-63)82-59-81-88-93(103-84-55-29-25-51-74(84)96(88)72-49-23-27-53-76(72)99(81)66-42-20-9-21-43-66)89(82)97(85)87-80(100(77)90-67(60-32-10-4-11-33-60)44-30-45-68(90)61-34-12-5-13-35-61)58-79-86-92(87)102-83-54-28-24-50-73(83)95(86)71-48-22-26-52-75(71)98(79)65-40-18-8-19-41-65/h4-59H,1-3H3. The second-order valence-corrected chi connectivity index (χ2v) is 29.9. The monoisotopic (exact) mass is 1330 g/mol. The molecule has 15 aromatic carbocycles. The molecule has 0 N–H and O–H groups in total. The van der Waals surface area contributed by atoms with Crippen molar-refractivity contribution in [3.8, 4) is 56.0 Å². The molecule has 103 heavy (non-hydrogen) atoms. The predicted octanol–water partition coefficient (Wildman–Crippen LogP) is 18.9. The number of benzene rings is 15. The highest BCUT2D eigenvalue weighted by atomic mass is 32.2. The summed E-state index contributed by atoms with van der Waals surface area (Å²) in [6.07, 6.45) is 0. The van der Waals surface area contributed by atoms with Gasteiger partial charge < -0.3 is 24.3 Å². The Bertz CT molecular complexity index is 5500. The summed E-state index contributed by atoms with van der Waals surface area (Å²) in [7, 11) is 0. The molecule has 9 heteroatoms. The highest BCUT2D eigenvalue weighted by Gasteiger charge is 2.55. The maximum absolute atomic E-state index is 8.22. The van der Waals surface area contributed by atoms with Crippen molar-refractivity contribution in [2.24, 2.45) is 0 Å². The Hall–Kier alpha value is -12.2. The van der Waals surface area contributed by atoms with Crippen molar-refractivity contribution in [3.63, 3.8) is 0 Å². The van der Waals surface area contributed by atoms with Gasteiger partial charge in [-0.2, -0.15) is 0 Å². The van der Waals surface area contributed by atoms with Crippen LogP contribution < -0.4 is 73.5 Å². The Morgan fingerprint density at radius 1 is 0.282 bits per heavy atom. The predicted molar refractivity (Wildman–Crippen MR) is 437 cm³/mol. The van der Waals surface area contributed by atoms with Crippen LogP contribution in [0.5, 0.6) is 11.5 Å². The van der Waals surface area contributed by atoms with Crippen molar-refractivity contribution in [1.29, 1.82) is 0 Å². The fraction of sp³-hybridized carbons (Fsp3) is 0.0426. The number of rotatable bonds is 8. The molecule has 6 aliphatic rings. The second-order valence-electron chi connectivity index (χ2n) is 28.9. The summed E-state index contributed by atoms with van der Waals surface area (Å²) in [4.78, 5) is 13.1. The van der Waals surface area contributed by atoms with Crippen LogP contribution in [-0.4, -0.2) is 20.1 Å². The zero-order valence-electron chi connectivity index (χ0n) is 57.2. The Morgan fingerprint density at radius 2 is 0.631 bits per heavy atom. The van der Waals surface area contributed by atoms with E-state index in [1.54, 1.807) is 0 Å². The number of hydrogen-bond acceptors (Lipinski definition) is 6. The van der Waals surface area contributed by atoms with E-state index >= 15 is 0 Å². The molecule has 0 unspecified atom stereocenters. The lowest BCUT2D eigenvalue weighted by Gasteiger charge is -2.50. The molecule has 0 bridgehead atoms. The first-order valence-corrected chi connectivity index (χ1v) is 36.7. The van der Waals surface area contributed by atoms with Crippen LogP contribution in [0.3, 0.4) is 0 Å². The molecule has 0 fully saturated rings. The third-order valence-corrected chi connectivity index (χ3v) is 23.5. The Labute approximate surface area is 606 Å². The summed E-state index contributed by atoms with van der Waals surface area (Å²) >= 11 is 1.95. The molecule has 5 nitrogen and oxygen atoms in total. The molecule has 6 aliphatic heterocycles. The number of ether oxygens (including phenoxy) is 1. The number of anilines is 12. The van der Waals surface area contributed by atoms with E-state index in [-0.39, 0.29) is 18.8 Å². The molecule has 0 atom stereocenters. The van der Waals surface area contributed by atoms with Gasteiger partial charge in [-0.15, -0.1) is 0 Å². The first-order valence-electron chi connectivity index (χ1n) is 35.9. The van der Waals surface area contributed by atoms with Gasteiger partial charge in [-0.25, -0.2) is 0 Å². The van der Waals surface area contributed by atoms with E-state index in [1.165, 1.54) is 59.5 Å². The average Bonchev–Trinajstić information content (AvgIpc) is 0.665. The van der Waals surface area contributed by atoms with Gasteiger partial charge in [0.25, 0.3) is 13.4 Å². The summed E-state index contributed by atoms with van der Waals surface area (Å²) in [6.45, 7) is 6.47. The maximum atomic E-state index is 8.22. The summed E-state index contributed by atoms with van der Waals surface area (Å²) in [5.74, 6) is 1.76. The minimum Gasteiger partial charge on any atom is -0.459 e. The molecule has 21 rings (SSSR count). The molecule has 0 spiro atoms. The molecule has 0 saturated heterocycles. The molecule has 6 heterocycles. The molecule has 15 aromatic rings. The second kappa shape index (κ2) is 23.2. The molecule has 0 saturated carbocycles. The molecule has 0 amide bonds. The van der Waals surface area contributed by atoms with Crippen molar-refractivity contribution in [3.05, 3.63) is 345 Å². The van der Waals surface area contributed by atoms with Gasteiger partial charge >= 0.3 is 0 Å². The van der Waals surface area contributed by atoms with Crippen LogP contribution in [-0.2, 0) is 5.41 Å². The van der Waals surface area contributed by atoms with Crippen LogP contribution >= 0.6 is 11.8 Å². The first kappa shape index (κ1) is 59.7. The van der Waals surface area contributed by atoms with Gasteiger partial charge in [-0.05, 0) is 150 Å². The van der Waals surface area contributed by atoms with Gasteiger partial charge in [0, 0.05) is 88.9 Å². The third kappa shape index (κ3) is 8.98. The SMILES string of the molecule is CC(C)(C)c1cc2c3c(c1)N(c1c(-c4ccccc4)cccc1-c1ccccc1)c1cc4c5c(c1B3c1c(cc3c6c1Oc1ccccc1B6c1ccccc1N3c1ccccc1)N2c1c(-c2ccccc2)cccc1-c1ccccc1)Sc1ccccc1B5c1ccccc1N4c1ccccc1. The van der Waals surface area contributed by atoms with E-state index in [1.807, 2.05) is 11.8 Å². The van der Waals surface area contributed by atoms with Crippen molar-refractivity contribution in [2.75, 3.05) is 19.6 Å². The lowest BCUT2D eigenvalue weighted by molar-refractivity contribution is 0.491. The zero-order valence-corrected chi connectivity index (χ0v) is 58.0. The number of fused-ring (bicyclic) bond motifs is 14. The lowest BCUT2D eigenvalue weighted by atomic mass is 9.28. The van der Waals surface area contributed by atoms with Gasteiger partial charge in [-0.3, -0.25) is 0 Å².